The summed E-state index contributed by atoms with van der Waals surface area (Å²) >= 11 is 0. The third-order valence-corrected chi connectivity index (χ3v) is 2.68. The summed E-state index contributed by atoms with van der Waals surface area (Å²) in [7, 11) is 0. The molecular formula is C12H15F2N3O4. The number of carboxylic acids is 1. The van der Waals surface area contributed by atoms with Crippen LogP contribution in [-0.4, -0.2) is 39.9 Å². The standard InChI is InChI=1S/C12H15F2N3O4/c13-9(14)6-17-5-1-2-8(17)11(19)16-7(12(20)21)3-4-10(15)18/h1-2,5,7,9H,3-4,6H2,(H2,15,18)(H,16,19)(H,20,21)/t7-/m0/s1. The molecule has 0 aromatic carbocycles. The highest BCUT2D eigenvalue weighted by Crippen LogP contribution is 2.08. The molecule has 4 N–H and O–H groups in total. The second-order valence-corrected chi connectivity index (χ2v) is 4.31. The predicted molar refractivity (Wildman–Crippen MR) is 67.8 cm³/mol. The van der Waals surface area contributed by atoms with E-state index in [1.54, 1.807) is 0 Å². The fraction of sp³-hybridized carbons (Fsp3) is 0.417. The van der Waals surface area contributed by atoms with Gasteiger partial charge in [-0.2, -0.15) is 0 Å². The van der Waals surface area contributed by atoms with E-state index < -0.39 is 36.8 Å². The number of halogens is 2. The first kappa shape index (κ1) is 16.6. The van der Waals surface area contributed by atoms with Gasteiger partial charge in [0.1, 0.15) is 11.7 Å². The zero-order valence-corrected chi connectivity index (χ0v) is 11.0. The van der Waals surface area contributed by atoms with Gasteiger partial charge in [-0.1, -0.05) is 0 Å². The van der Waals surface area contributed by atoms with Crippen molar-refractivity contribution in [2.24, 2.45) is 5.73 Å². The number of hydrogen-bond acceptors (Lipinski definition) is 3. The Kier molecular flexibility index (Phi) is 5.82. The first-order valence-corrected chi connectivity index (χ1v) is 6.06. The van der Waals surface area contributed by atoms with Gasteiger partial charge in [0.2, 0.25) is 5.91 Å². The molecule has 1 aromatic heterocycles. The largest absolute Gasteiger partial charge is 0.480 e. The van der Waals surface area contributed by atoms with Gasteiger partial charge in [0.05, 0.1) is 6.54 Å². The van der Waals surface area contributed by atoms with E-state index in [-0.39, 0.29) is 18.5 Å². The average Bonchev–Trinajstić information content (AvgIpc) is 2.80. The first-order chi connectivity index (χ1) is 9.81. The lowest BCUT2D eigenvalue weighted by Gasteiger charge is -2.15. The smallest absolute Gasteiger partial charge is 0.326 e. The predicted octanol–water partition coefficient (Wildman–Crippen LogP) is 0.202. The van der Waals surface area contributed by atoms with Crippen LogP contribution in [0.4, 0.5) is 8.78 Å². The molecule has 0 unspecified atom stereocenters. The van der Waals surface area contributed by atoms with E-state index >= 15 is 0 Å². The fourth-order valence-corrected chi connectivity index (χ4v) is 1.70. The number of carbonyl (C=O) groups is 3. The molecule has 0 aliphatic carbocycles. The Labute approximate surface area is 118 Å². The number of aromatic nitrogens is 1. The van der Waals surface area contributed by atoms with E-state index in [4.69, 9.17) is 10.8 Å². The minimum atomic E-state index is -2.64. The Balaban J connectivity index is 2.75. The highest BCUT2D eigenvalue weighted by Gasteiger charge is 2.23. The molecule has 0 bridgehead atoms. The average molecular weight is 303 g/mol. The minimum Gasteiger partial charge on any atom is -0.480 e. The Morgan fingerprint density at radius 1 is 1.38 bits per heavy atom. The fourth-order valence-electron chi connectivity index (χ4n) is 1.70. The number of nitrogens with one attached hydrogen (secondary N) is 1. The molecule has 2 amide bonds. The van der Waals surface area contributed by atoms with Crippen LogP contribution in [0.5, 0.6) is 0 Å². The van der Waals surface area contributed by atoms with Gasteiger partial charge in [-0.05, 0) is 18.6 Å². The molecule has 1 aromatic rings. The van der Waals surface area contributed by atoms with Crippen LogP contribution in [0, 0.1) is 0 Å². The summed E-state index contributed by atoms with van der Waals surface area (Å²) in [5, 5.41) is 11.1. The second-order valence-electron chi connectivity index (χ2n) is 4.31. The maximum absolute atomic E-state index is 12.3. The van der Waals surface area contributed by atoms with E-state index in [0.29, 0.717) is 0 Å². The van der Waals surface area contributed by atoms with Gasteiger partial charge in [0, 0.05) is 12.6 Å². The van der Waals surface area contributed by atoms with Gasteiger partial charge in [-0.15, -0.1) is 0 Å². The molecule has 0 saturated heterocycles. The normalized spacial score (nSPS) is 12.1. The number of amides is 2. The van der Waals surface area contributed by atoms with Gasteiger partial charge in [-0.3, -0.25) is 9.59 Å². The van der Waals surface area contributed by atoms with Gasteiger partial charge < -0.3 is 20.7 Å². The van der Waals surface area contributed by atoms with Crippen LogP contribution in [0.2, 0.25) is 0 Å². The third kappa shape index (κ3) is 5.21. The molecule has 0 aliphatic heterocycles. The van der Waals surface area contributed by atoms with E-state index in [0.717, 1.165) is 4.57 Å². The highest BCUT2D eigenvalue weighted by atomic mass is 19.3. The maximum Gasteiger partial charge on any atom is 0.326 e. The van der Waals surface area contributed by atoms with Crippen molar-refractivity contribution in [1.82, 2.24) is 9.88 Å². The number of carbonyl (C=O) groups excluding carboxylic acids is 2. The number of alkyl halides is 2. The number of hydrogen-bond donors (Lipinski definition) is 3. The lowest BCUT2D eigenvalue weighted by molar-refractivity contribution is -0.139. The Bertz CT molecular complexity index is 530. The van der Waals surface area contributed by atoms with Crippen LogP contribution in [-0.2, 0) is 16.1 Å². The zero-order valence-electron chi connectivity index (χ0n) is 11.0. The first-order valence-electron chi connectivity index (χ1n) is 6.06. The number of aliphatic carboxylic acids is 1. The lowest BCUT2D eigenvalue weighted by Crippen LogP contribution is -2.42. The summed E-state index contributed by atoms with van der Waals surface area (Å²) in [6.45, 7) is -0.672. The molecule has 0 spiro atoms. The lowest BCUT2D eigenvalue weighted by atomic mass is 10.1. The second kappa shape index (κ2) is 7.36. The minimum absolute atomic E-state index is 0.0828. The van der Waals surface area contributed by atoms with Crippen molar-refractivity contribution in [3.05, 3.63) is 24.0 Å². The molecular weight excluding hydrogens is 288 g/mol. The monoisotopic (exact) mass is 303 g/mol. The van der Waals surface area contributed by atoms with Gasteiger partial charge >= 0.3 is 5.97 Å². The van der Waals surface area contributed by atoms with Gasteiger partial charge in [-0.25, -0.2) is 13.6 Å². The van der Waals surface area contributed by atoms with Crippen molar-refractivity contribution >= 4 is 17.8 Å². The van der Waals surface area contributed by atoms with Gasteiger partial charge in [0.15, 0.2) is 0 Å². The molecule has 0 fully saturated rings. The van der Waals surface area contributed by atoms with Crippen LogP contribution >= 0.6 is 0 Å². The Morgan fingerprint density at radius 3 is 2.57 bits per heavy atom. The number of primary amides is 1. The van der Waals surface area contributed by atoms with Crippen LogP contribution in [0.3, 0.4) is 0 Å². The highest BCUT2D eigenvalue weighted by molar-refractivity contribution is 5.95. The van der Waals surface area contributed by atoms with Crippen LogP contribution < -0.4 is 11.1 Å². The van der Waals surface area contributed by atoms with Crippen molar-refractivity contribution in [2.75, 3.05) is 0 Å². The zero-order chi connectivity index (χ0) is 16.0. The van der Waals surface area contributed by atoms with E-state index in [2.05, 4.69) is 5.32 Å². The summed E-state index contributed by atoms with van der Waals surface area (Å²) in [4.78, 5) is 33.5. The molecule has 0 saturated carbocycles. The van der Waals surface area contributed by atoms with E-state index in [1.165, 1.54) is 18.3 Å². The molecule has 1 rings (SSSR count). The summed E-state index contributed by atoms with van der Waals surface area (Å²) in [5.74, 6) is -2.84. The SMILES string of the molecule is NC(=O)CC[C@H](NC(=O)c1cccn1CC(F)F)C(=O)O. The van der Waals surface area contributed by atoms with Crippen molar-refractivity contribution in [1.29, 1.82) is 0 Å². The van der Waals surface area contributed by atoms with E-state index in [1.807, 2.05) is 0 Å². The number of carboxylic acid groups (broad SMARTS) is 1. The summed E-state index contributed by atoms with van der Waals surface area (Å²) in [6, 6.07) is 1.38. The third-order valence-electron chi connectivity index (χ3n) is 2.68. The van der Waals surface area contributed by atoms with Crippen molar-refractivity contribution in [2.45, 2.75) is 31.9 Å². The number of nitrogens with zero attached hydrogens (tertiary/aromatic N) is 1. The van der Waals surface area contributed by atoms with Crippen molar-refractivity contribution in [3.63, 3.8) is 0 Å². The van der Waals surface area contributed by atoms with Crippen molar-refractivity contribution < 1.29 is 28.3 Å². The van der Waals surface area contributed by atoms with Crippen LogP contribution in [0.25, 0.3) is 0 Å². The summed E-state index contributed by atoms with van der Waals surface area (Å²) < 4.78 is 25.7. The molecule has 0 radical (unpaired) electrons. The van der Waals surface area contributed by atoms with Crippen LogP contribution in [0.1, 0.15) is 23.3 Å². The Morgan fingerprint density at radius 2 is 2.05 bits per heavy atom. The molecule has 9 heteroatoms. The summed E-state index contributed by atoms with van der Waals surface area (Å²) in [6.07, 6.45) is -1.74. The molecule has 7 nitrogen and oxygen atoms in total. The molecule has 116 valence electrons. The quantitative estimate of drug-likeness (QED) is 0.636. The number of rotatable bonds is 8. The topological polar surface area (TPSA) is 114 Å². The van der Waals surface area contributed by atoms with Gasteiger partial charge in [0.25, 0.3) is 12.3 Å². The molecule has 0 aliphatic rings. The maximum atomic E-state index is 12.3. The molecule has 1 heterocycles. The molecule has 1 atom stereocenters. The Hall–Kier alpha value is -2.45. The summed E-state index contributed by atoms with van der Waals surface area (Å²) in [5.41, 5.74) is 4.83. The van der Waals surface area contributed by atoms with E-state index in [9.17, 15) is 23.2 Å². The van der Waals surface area contributed by atoms with Crippen LogP contribution in [0.15, 0.2) is 18.3 Å². The molecule has 21 heavy (non-hydrogen) atoms. The number of nitrogens with two attached hydrogens (primary N) is 1. The van der Waals surface area contributed by atoms with Crippen molar-refractivity contribution in [3.8, 4) is 0 Å².